The maximum Gasteiger partial charge on any atom is 0.161 e. The van der Waals surface area contributed by atoms with Crippen molar-refractivity contribution in [1.82, 2.24) is 4.90 Å². The highest BCUT2D eigenvalue weighted by Gasteiger charge is 2.15. The Morgan fingerprint density at radius 3 is 1.83 bits per heavy atom. The van der Waals surface area contributed by atoms with E-state index in [1.54, 1.807) is 7.11 Å². The van der Waals surface area contributed by atoms with E-state index in [9.17, 15) is 0 Å². The number of nitrogens with zero attached hydrogens (tertiary/aromatic N) is 1. The third kappa shape index (κ3) is 10.9. The van der Waals surface area contributed by atoms with E-state index in [0.717, 1.165) is 31.1 Å². The van der Waals surface area contributed by atoms with Gasteiger partial charge in [-0.05, 0) is 51.8 Å². The molecular formula is C26H47NO2. The third-order valence-electron chi connectivity index (χ3n) is 5.68. The van der Waals surface area contributed by atoms with Gasteiger partial charge in [-0.1, -0.05) is 70.8 Å². The average Bonchev–Trinajstić information content (AvgIpc) is 2.70. The van der Waals surface area contributed by atoms with E-state index >= 15 is 0 Å². The lowest BCUT2D eigenvalue weighted by Gasteiger charge is -2.30. The first-order valence-electron chi connectivity index (χ1n) is 12.0. The van der Waals surface area contributed by atoms with Crippen molar-refractivity contribution < 1.29 is 9.47 Å². The van der Waals surface area contributed by atoms with Gasteiger partial charge in [0.15, 0.2) is 11.5 Å². The molecule has 3 heteroatoms. The summed E-state index contributed by atoms with van der Waals surface area (Å²) in [6, 6.07) is 7.42. The molecule has 3 nitrogen and oxygen atoms in total. The molecule has 0 aromatic heterocycles. The van der Waals surface area contributed by atoms with E-state index in [0.29, 0.717) is 12.1 Å². The summed E-state index contributed by atoms with van der Waals surface area (Å²) < 4.78 is 11.6. The molecule has 1 rings (SSSR count). The minimum Gasteiger partial charge on any atom is -0.493 e. The molecule has 0 atom stereocenters. The van der Waals surface area contributed by atoms with Crippen molar-refractivity contribution in [3.63, 3.8) is 0 Å². The topological polar surface area (TPSA) is 21.7 Å². The summed E-state index contributed by atoms with van der Waals surface area (Å²) in [4.78, 5) is 2.49. The fraction of sp³-hybridized carbons (Fsp3) is 0.769. The number of rotatable bonds is 17. The normalized spacial score (nSPS) is 11.6. The zero-order chi connectivity index (χ0) is 21.5. The molecule has 0 aliphatic rings. The molecule has 0 heterocycles. The van der Waals surface area contributed by atoms with Crippen LogP contribution in [0.2, 0.25) is 0 Å². The number of benzene rings is 1. The molecule has 1 aromatic carbocycles. The molecule has 0 spiro atoms. The molecule has 168 valence electrons. The summed E-state index contributed by atoms with van der Waals surface area (Å²) in [5.74, 6) is 1.72. The molecular weight excluding hydrogens is 358 g/mol. The van der Waals surface area contributed by atoms with E-state index < -0.39 is 0 Å². The van der Waals surface area contributed by atoms with Crippen molar-refractivity contribution in [1.29, 1.82) is 0 Å². The van der Waals surface area contributed by atoms with Crippen LogP contribution in [0.15, 0.2) is 18.2 Å². The second kappa shape index (κ2) is 15.6. The van der Waals surface area contributed by atoms with Crippen LogP contribution in [0.5, 0.6) is 11.5 Å². The summed E-state index contributed by atoms with van der Waals surface area (Å²) >= 11 is 0. The highest BCUT2D eigenvalue weighted by molar-refractivity contribution is 5.43. The van der Waals surface area contributed by atoms with E-state index in [2.05, 4.69) is 57.7 Å². The fourth-order valence-corrected chi connectivity index (χ4v) is 3.87. The lowest BCUT2D eigenvalue weighted by molar-refractivity contribution is 0.165. The van der Waals surface area contributed by atoms with Gasteiger partial charge in [0, 0.05) is 18.6 Å². The van der Waals surface area contributed by atoms with Gasteiger partial charge >= 0.3 is 0 Å². The van der Waals surface area contributed by atoms with E-state index in [1.807, 2.05) is 0 Å². The summed E-state index contributed by atoms with van der Waals surface area (Å²) in [5, 5.41) is 0. The Morgan fingerprint density at radius 1 is 0.759 bits per heavy atom. The third-order valence-corrected chi connectivity index (χ3v) is 5.68. The fourth-order valence-electron chi connectivity index (χ4n) is 3.87. The zero-order valence-corrected chi connectivity index (χ0v) is 20.1. The van der Waals surface area contributed by atoms with E-state index in [-0.39, 0.29) is 0 Å². The number of methoxy groups -OCH3 is 1. The Labute approximate surface area is 181 Å². The van der Waals surface area contributed by atoms with Crippen LogP contribution in [0, 0.1) is 0 Å². The van der Waals surface area contributed by atoms with Gasteiger partial charge in [-0.2, -0.15) is 0 Å². The monoisotopic (exact) mass is 405 g/mol. The SMILES string of the molecule is CCCCCCCCCCCCOc1ccc(CN(C(C)C)C(C)C)cc1OC. The Balaban J connectivity index is 2.31. The molecule has 0 bridgehead atoms. The first-order valence-corrected chi connectivity index (χ1v) is 12.0. The van der Waals surface area contributed by atoms with Crippen LogP contribution < -0.4 is 9.47 Å². The Kier molecular flexibility index (Phi) is 13.9. The Hall–Kier alpha value is -1.22. The molecule has 0 unspecified atom stereocenters. The molecule has 1 aromatic rings. The zero-order valence-electron chi connectivity index (χ0n) is 20.1. The summed E-state index contributed by atoms with van der Waals surface area (Å²) in [6.07, 6.45) is 13.4. The first kappa shape index (κ1) is 25.8. The van der Waals surface area contributed by atoms with E-state index in [1.165, 1.54) is 63.4 Å². The van der Waals surface area contributed by atoms with Crippen LogP contribution in [0.25, 0.3) is 0 Å². The Morgan fingerprint density at radius 2 is 1.31 bits per heavy atom. The average molecular weight is 406 g/mol. The minimum absolute atomic E-state index is 0.522. The van der Waals surface area contributed by atoms with Gasteiger partial charge in [0.2, 0.25) is 0 Å². The summed E-state index contributed by atoms with van der Waals surface area (Å²) in [5.41, 5.74) is 1.27. The number of unbranched alkanes of at least 4 members (excludes halogenated alkanes) is 9. The van der Waals surface area contributed by atoms with Gasteiger partial charge in [-0.3, -0.25) is 4.90 Å². The molecule has 29 heavy (non-hydrogen) atoms. The predicted molar refractivity (Wildman–Crippen MR) is 126 cm³/mol. The van der Waals surface area contributed by atoms with Gasteiger partial charge in [-0.25, -0.2) is 0 Å². The smallest absolute Gasteiger partial charge is 0.161 e. The van der Waals surface area contributed by atoms with Crippen molar-refractivity contribution in [2.75, 3.05) is 13.7 Å². The van der Waals surface area contributed by atoms with Crippen molar-refractivity contribution >= 4 is 0 Å². The quantitative estimate of drug-likeness (QED) is 0.249. The van der Waals surface area contributed by atoms with Gasteiger partial charge in [0.05, 0.1) is 13.7 Å². The molecule has 0 radical (unpaired) electrons. The van der Waals surface area contributed by atoms with Crippen LogP contribution >= 0.6 is 0 Å². The highest BCUT2D eigenvalue weighted by atomic mass is 16.5. The van der Waals surface area contributed by atoms with Crippen molar-refractivity contribution in [2.45, 2.75) is 117 Å². The number of hydrogen-bond acceptors (Lipinski definition) is 3. The number of hydrogen-bond donors (Lipinski definition) is 0. The molecule has 0 aliphatic heterocycles. The second-order valence-corrected chi connectivity index (χ2v) is 8.88. The largest absolute Gasteiger partial charge is 0.493 e. The van der Waals surface area contributed by atoms with Gasteiger partial charge in [0.25, 0.3) is 0 Å². The molecule has 0 saturated carbocycles. The maximum absolute atomic E-state index is 6.02. The minimum atomic E-state index is 0.522. The van der Waals surface area contributed by atoms with Crippen LogP contribution in [0.4, 0.5) is 0 Å². The summed E-state index contributed by atoms with van der Waals surface area (Å²) in [7, 11) is 1.73. The highest BCUT2D eigenvalue weighted by Crippen LogP contribution is 2.29. The number of ether oxygens (including phenoxy) is 2. The van der Waals surface area contributed by atoms with Crippen LogP contribution in [-0.2, 0) is 6.54 Å². The van der Waals surface area contributed by atoms with Crippen molar-refractivity contribution in [3.05, 3.63) is 23.8 Å². The molecule has 0 N–H and O–H groups in total. The van der Waals surface area contributed by atoms with Crippen LogP contribution in [0.1, 0.15) is 104 Å². The molecule has 0 saturated heterocycles. The first-order chi connectivity index (χ1) is 14.0. The predicted octanol–water partition coefficient (Wildman–Crippen LogP) is 7.61. The molecule has 0 aliphatic carbocycles. The molecule has 0 fully saturated rings. The standard InChI is InChI=1S/C26H47NO2/c1-7-8-9-10-11-12-13-14-15-16-19-29-25-18-17-24(20-26(25)28-6)21-27(22(2)3)23(4)5/h17-18,20,22-23H,7-16,19,21H2,1-6H3. The van der Waals surface area contributed by atoms with E-state index in [4.69, 9.17) is 9.47 Å². The van der Waals surface area contributed by atoms with Crippen LogP contribution in [0.3, 0.4) is 0 Å². The van der Waals surface area contributed by atoms with Crippen molar-refractivity contribution in [2.24, 2.45) is 0 Å². The van der Waals surface area contributed by atoms with Gasteiger partial charge in [-0.15, -0.1) is 0 Å². The van der Waals surface area contributed by atoms with Gasteiger partial charge in [0.1, 0.15) is 0 Å². The lowest BCUT2D eigenvalue weighted by atomic mass is 10.1. The van der Waals surface area contributed by atoms with Crippen molar-refractivity contribution in [3.8, 4) is 11.5 Å². The lowest BCUT2D eigenvalue weighted by Crippen LogP contribution is -2.36. The Bertz CT molecular complexity index is 519. The van der Waals surface area contributed by atoms with Crippen LogP contribution in [-0.4, -0.2) is 30.7 Å². The maximum atomic E-state index is 6.02. The summed E-state index contributed by atoms with van der Waals surface area (Å²) in [6.45, 7) is 13.0. The van der Waals surface area contributed by atoms with Gasteiger partial charge < -0.3 is 9.47 Å². The molecule has 0 amide bonds. The second-order valence-electron chi connectivity index (χ2n) is 8.88.